The second kappa shape index (κ2) is 6.39. The van der Waals surface area contributed by atoms with Gasteiger partial charge in [-0.2, -0.15) is 0 Å². The van der Waals surface area contributed by atoms with E-state index >= 15 is 0 Å². The number of likely N-dealkylation sites (N-methyl/N-ethyl adjacent to an activating group) is 1. The summed E-state index contributed by atoms with van der Waals surface area (Å²) in [6.07, 6.45) is 3.37. The first-order valence-electron chi connectivity index (χ1n) is 7.21. The first-order chi connectivity index (χ1) is 9.51. The van der Waals surface area contributed by atoms with Crippen molar-refractivity contribution >= 4 is 23.2 Å². The van der Waals surface area contributed by atoms with Crippen LogP contribution in [0.4, 0.5) is 0 Å². The number of amides is 2. The molecule has 0 spiro atoms. The van der Waals surface area contributed by atoms with E-state index < -0.39 is 0 Å². The van der Waals surface area contributed by atoms with Crippen molar-refractivity contribution in [1.82, 2.24) is 10.2 Å². The Morgan fingerprint density at radius 3 is 2.75 bits per heavy atom. The molecule has 1 aromatic rings. The highest BCUT2D eigenvalue weighted by molar-refractivity contribution is 7.14. The van der Waals surface area contributed by atoms with E-state index in [2.05, 4.69) is 5.32 Å². The number of hydrogen-bond donors (Lipinski definition) is 1. The predicted molar refractivity (Wildman–Crippen MR) is 81.2 cm³/mol. The Balaban J connectivity index is 2.02. The fourth-order valence-electron chi connectivity index (χ4n) is 2.46. The lowest BCUT2D eigenvalue weighted by molar-refractivity contribution is -0.122. The number of thiophene rings is 1. The van der Waals surface area contributed by atoms with Gasteiger partial charge in [-0.05, 0) is 51.7 Å². The monoisotopic (exact) mass is 294 g/mol. The minimum absolute atomic E-state index is 0.0224. The zero-order chi connectivity index (χ0) is 14.7. The number of fused-ring (bicyclic) bond motifs is 1. The van der Waals surface area contributed by atoms with Gasteiger partial charge in [-0.1, -0.05) is 0 Å². The van der Waals surface area contributed by atoms with Gasteiger partial charge >= 0.3 is 0 Å². The molecular weight excluding hydrogens is 272 g/mol. The minimum atomic E-state index is -0.0979. The smallest absolute Gasteiger partial charge is 0.264 e. The van der Waals surface area contributed by atoms with E-state index in [4.69, 9.17) is 0 Å². The van der Waals surface area contributed by atoms with E-state index in [9.17, 15) is 9.59 Å². The Kier molecular flexibility index (Phi) is 4.81. The molecule has 0 radical (unpaired) electrons. The second-order valence-corrected chi connectivity index (χ2v) is 6.59. The molecule has 0 bridgehead atoms. The summed E-state index contributed by atoms with van der Waals surface area (Å²) < 4.78 is 0. The normalized spacial score (nSPS) is 13.4. The van der Waals surface area contributed by atoms with Gasteiger partial charge in [-0.15, -0.1) is 11.3 Å². The van der Waals surface area contributed by atoms with Gasteiger partial charge in [0.25, 0.3) is 5.91 Å². The number of nitrogens with one attached hydrogen (secondary N) is 1. The Bertz CT molecular complexity index is 486. The summed E-state index contributed by atoms with van der Waals surface area (Å²) in [4.78, 5) is 28.0. The third-order valence-corrected chi connectivity index (χ3v) is 4.64. The molecule has 0 fully saturated rings. The Hall–Kier alpha value is -1.36. The lowest BCUT2D eigenvalue weighted by atomic mass is 10.2. The Morgan fingerprint density at radius 1 is 1.40 bits per heavy atom. The van der Waals surface area contributed by atoms with Crippen LogP contribution in [0, 0.1) is 0 Å². The number of hydrogen-bond acceptors (Lipinski definition) is 3. The van der Waals surface area contributed by atoms with Gasteiger partial charge in [0, 0.05) is 17.5 Å². The lowest BCUT2D eigenvalue weighted by Crippen LogP contribution is -2.42. The first kappa shape index (κ1) is 15.0. The summed E-state index contributed by atoms with van der Waals surface area (Å²) in [6, 6.07) is 2.11. The third-order valence-electron chi connectivity index (χ3n) is 3.41. The number of carbonyl (C=O) groups excluding carboxylic acids is 2. The summed E-state index contributed by atoms with van der Waals surface area (Å²) in [5, 5.41) is 2.82. The van der Waals surface area contributed by atoms with Gasteiger partial charge in [0.2, 0.25) is 5.91 Å². The van der Waals surface area contributed by atoms with Gasteiger partial charge in [-0.3, -0.25) is 9.59 Å². The van der Waals surface area contributed by atoms with Crippen molar-refractivity contribution in [2.45, 2.75) is 46.1 Å². The predicted octanol–water partition coefficient (Wildman–Crippen LogP) is 2.22. The quantitative estimate of drug-likeness (QED) is 0.905. The van der Waals surface area contributed by atoms with E-state index in [-0.39, 0.29) is 24.4 Å². The van der Waals surface area contributed by atoms with Crippen LogP contribution in [0.3, 0.4) is 0 Å². The molecule has 0 saturated carbocycles. The van der Waals surface area contributed by atoms with Crippen molar-refractivity contribution in [2.24, 2.45) is 0 Å². The van der Waals surface area contributed by atoms with E-state index in [1.54, 1.807) is 16.2 Å². The van der Waals surface area contributed by atoms with E-state index in [0.717, 1.165) is 17.7 Å². The van der Waals surface area contributed by atoms with Crippen LogP contribution in [0.15, 0.2) is 6.07 Å². The largest absolute Gasteiger partial charge is 0.352 e. The van der Waals surface area contributed by atoms with Crippen LogP contribution in [-0.4, -0.2) is 35.8 Å². The topological polar surface area (TPSA) is 49.4 Å². The molecule has 2 rings (SSSR count). The van der Waals surface area contributed by atoms with Crippen molar-refractivity contribution < 1.29 is 9.59 Å². The maximum Gasteiger partial charge on any atom is 0.264 e. The van der Waals surface area contributed by atoms with Gasteiger partial charge in [0.1, 0.15) is 0 Å². The molecule has 1 aromatic heterocycles. The molecule has 1 heterocycles. The molecule has 110 valence electrons. The van der Waals surface area contributed by atoms with Crippen LogP contribution in [0.1, 0.15) is 47.3 Å². The highest BCUT2D eigenvalue weighted by atomic mass is 32.1. The standard InChI is InChI=1S/C15H22N2O2S/c1-4-17(9-14(18)16-10(2)3)15(19)13-8-11-6-5-7-12(11)20-13/h8,10H,4-7,9H2,1-3H3,(H,16,18). The van der Waals surface area contributed by atoms with Gasteiger partial charge in [-0.25, -0.2) is 0 Å². The fourth-order valence-corrected chi connectivity index (χ4v) is 3.68. The molecule has 1 N–H and O–H groups in total. The fraction of sp³-hybridized carbons (Fsp3) is 0.600. The number of aryl methyl sites for hydroxylation is 2. The Labute approximate surface area is 124 Å². The molecule has 1 aliphatic carbocycles. The maximum absolute atomic E-state index is 12.5. The maximum atomic E-state index is 12.5. The lowest BCUT2D eigenvalue weighted by Gasteiger charge is -2.20. The molecule has 5 heteroatoms. The summed E-state index contributed by atoms with van der Waals surface area (Å²) in [5.41, 5.74) is 1.32. The summed E-state index contributed by atoms with van der Waals surface area (Å²) in [7, 11) is 0. The van der Waals surface area contributed by atoms with Crippen LogP contribution in [0.25, 0.3) is 0 Å². The van der Waals surface area contributed by atoms with Crippen LogP contribution < -0.4 is 5.32 Å². The van der Waals surface area contributed by atoms with Crippen molar-refractivity contribution in [2.75, 3.05) is 13.1 Å². The van der Waals surface area contributed by atoms with Gasteiger partial charge < -0.3 is 10.2 Å². The van der Waals surface area contributed by atoms with E-state index in [1.165, 1.54) is 16.9 Å². The van der Waals surface area contributed by atoms with Gasteiger partial charge in [0.15, 0.2) is 0 Å². The molecule has 0 saturated heterocycles. The first-order valence-corrected chi connectivity index (χ1v) is 8.03. The summed E-state index contributed by atoms with van der Waals surface area (Å²) >= 11 is 1.59. The van der Waals surface area contributed by atoms with Crippen LogP contribution in [-0.2, 0) is 17.6 Å². The summed E-state index contributed by atoms with van der Waals surface area (Å²) in [5.74, 6) is -0.120. The highest BCUT2D eigenvalue weighted by Gasteiger charge is 2.23. The molecule has 4 nitrogen and oxygen atoms in total. The molecular formula is C15H22N2O2S. The van der Waals surface area contributed by atoms with Crippen LogP contribution in [0.5, 0.6) is 0 Å². The highest BCUT2D eigenvalue weighted by Crippen LogP contribution is 2.31. The third kappa shape index (κ3) is 3.39. The molecule has 20 heavy (non-hydrogen) atoms. The number of nitrogens with zero attached hydrogens (tertiary/aromatic N) is 1. The number of carbonyl (C=O) groups is 2. The molecule has 0 unspecified atom stereocenters. The van der Waals surface area contributed by atoms with Crippen molar-refractivity contribution in [3.8, 4) is 0 Å². The number of rotatable bonds is 5. The molecule has 0 atom stereocenters. The second-order valence-electron chi connectivity index (χ2n) is 5.45. The molecule has 0 aliphatic heterocycles. The van der Waals surface area contributed by atoms with Crippen LogP contribution in [0.2, 0.25) is 0 Å². The van der Waals surface area contributed by atoms with Crippen molar-refractivity contribution in [3.05, 3.63) is 21.4 Å². The molecule has 2 amide bonds. The minimum Gasteiger partial charge on any atom is -0.352 e. The average Bonchev–Trinajstić information content (AvgIpc) is 2.94. The summed E-state index contributed by atoms with van der Waals surface area (Å²) in [6.45, 7) is 6.42. The van der Waals surface area contributed by atoms with Gasteiger partial charge in [0.05, 0.1) is 11.4 Å². The SMILES string of the molecule is CCN(CC(=O)NC(C)C)C(=O)c1cc2c(s1)CCC2. The van der Waals surface area contributed by atoms with Crippen molar-refractivity contribution in [1.29, 1.82) is 0 Å². The van der Waals surface area contributed by atoms with Crippen molar-refractivity contribution in [3.63, 3.8) is 0 Å². The zero-order valence-corrected chi connectivity index (χ0v) is 13.2. The zero-order valence-electron chi connectivity index (χ0n) is 12.4. The van der Waals surface area contributed by atoms with Crippen LogP contribution >= 0.6 is 11.3 Å². The Morgan fingerprint density at radius 2 is 2.15 bits per heavy atom. The molecule has 0 aromatic carbocycles. The average molecular weight is 294 g/mol. The van der Waals surface area contributed by atoms with E-state index in [1.807, 2.05) is 26.8 Å². The molecule has 1 aliphatic rings. The van der Waals surface area contributed by atoms with E-state index in [0.29, 0.717) is 6.54 Å².